The highest BCUT2D eigenvalue weighted by molar-refractivity contribution is 5.94. The molecule has 42 heavy (non-hydrogen) atoms. The molecule has 0 bridgehead atoms. The minimum atomic E-state index is 0.0977. The molecule has 0 atom stereocenters. The summed E-state index contributed by atoms with van der Waals surface area (Å²) in [6, 6.07) is 8.15. The number of oxazole rings is 1. The first kappa shape index (κ1) is 29.8. The molecule has 0 aromatic carbocycles. The molecule has 0 spiro atoms. The summed E-state index contributed by atoms with van der Waals surface area (Å²) in [6.07, 6.45) is 16.4. The second kappa shape index (κ2) is 14.0. The number of rotatable bonds is 8. The van der Waals surface area contributed by atoms with Gasteiger partial charge in [-0.05, 0) is 88.5 Å². The van der Waals surface area contributed by atoms with Crippen molar-refractivity contribution in [2.24, 2.45) is 11.8 Å². The lowest BCUT2D eigenvalue weighted by Gasteiger charge is -2.34. The van der Waals surface area contributed by atoms with Crippen molar-refractivity contribution >= 4 is 11.7 Å². The Kier molecular flexibility index (Phi) is 9.93. The summed E-state index contributed by atoms with van der Waals surface area (Å²) < 4.78 is 11.1. The molecule has 3 fully saturated rings. The summed E-state index contributed by atoms with van der Waals surface area (Å²) in [7, 11) is 1.69. The lowest BCUT2D eigenvalue weighted by atomic mass is 9.79. The second-order valence-corrected chi connectivity index (χ2v) is 12.0. The third-order valence-electron chi connectivity index (χ3n) is 8.97. The van der Waals surface area contributed by atoms with Crippen molar-refractivity contribution in [3.05, 3.63) is 66.8 Å². The van der Waals surface area contributed by atoms with Gasteiger partial charge in [-0.25, -0.2) is 9.97 Å². The Morgan fingerprint density at radius 3 is 2.43 bits per heavy atom. The number of hydrogen-bond donors (Lipinski definition) is 1. The molecule has 3 aromatic rings. The Hall–Kier alpha value is -3.68. The number of carbonyl (C=O) groups excluding carboxylic acids is 1. The zero-order chi connectivity index (χ0) is 29.5. The average molecular weight is 573 g/mol. The van der Waals surface area contributed by atoms with Crippen LogP contribution in [0.5, 0.6) is 5.75 Å². The number of aliphatic hydroxyl groups excluding tert-OH is 1. The third-order valence-corrected chi connectivity index (χ3v) is 8.97. The number of carbonyl (C=O) groups is 1. The zero-order valence-electron chi connectivity index (χ0n) is 25.0. The van der Waals surface area contributed by atoms with Gasteiger partial charge < -0.3 is 14.3 Å². The molecular weight excluding hydrogens is 528 g/mol. The number of anilines is 1. The maximum absolute atomic E-state index is 13.9. The Morgan fingerprint density at radius 1 is 1.05 bits per heavy atom. The molecule has 0 saturated heterocycles. The predicted octanol–water partition coefficient (Wildman–Crippen LogP) is 7.90. The molecule has 1 N–H and O–H groups in total. The summed E-state index contributed by atoms with van der Waals surface area (Å²) >= 11 is 0. The molecular formula is C34H44N4O4. The van der Waals surface area contributed by atoms with Crippen LogP contribution in [0.25, 0.3) is 11.3 Å². The second-order valence-electron chi connectivity index (χ2n) is 12.0. The first-order valence-electron chi connectivity index (χ1n) is 15.5. The average Bonchev–Trinajstić information content (AvgIpc) is 3.76. The molecule has 3 aliphatic rings. The van der Waals surface area contributed by atoms with Crippen LogP contribution < -0.4 is 9.64 Å². The summed E-state index contributed by atoms with van der Waals surface area (Å²) in [6.45, 7) is 5.65. The van der Waals surface area contributed by atoms with Crippen LogP contribution in [-0.4, -0.2) is 39.6 Å². The van der Waals surface area contributed by atoms with Crippen molar-refractivity contribution in [1.82, 2.24) is 15.0 Å². The zero-order valence-corrected chi connectivity index (χ0v) is 25.0. The van der Waals surface area contributed by atoms with Crippen LogP contribution in [0.2, 0.25) is 0 Å². The minimum Gasteiger partial charge on any atom is -0.516 e. The maximum Gasteiger partial charge on any atom is 0.231 e. The first-order valence-corrected chi connectivity index (χ1v) is 15.5. The smallest absolute Gasteiger partial charge is 0.231 e. The maximum atomic E-state index is 13.9. The molecule has 0 aliphatic heterocycles. The standard InChI is InChI=1S/C32H40N4O3.C2H4O/c1-21-29(38-2)15-14-27(34-21)23-10-8-22(9-11-23)19-36(32(37)25-6-4-3-5-7-25)30-18-26(16-17-33-30)28-20-39-31(35-28)24-12-13-24;1-2-3/h14-18,20,22-25H,3-13,19H2,1-2H3;2-3H,1H2. The number of nitrogens with zero attached hydrogens (tertiary/aromatic N) is 4. The number of aliphatic hydroxyl groups is 1. The van der Waals surface area contributed by atoms with E-state index in [1.807, 2.05) is 36.2 Å². The summed E-state index contributed by atoms with van der Waals surface area (Å²) in [5.74, 6) is 4.14. The lowest BCUT2D eigenvalue weighted by molar-refractivity contribution is -0.123. The topological polar surface area (TPSA) is 102 Å². The van der Waals surface area contributed by atoms with E-state index < -0.39 is 0 Å². The molecule has 1 amide bonds. The fourth-order valence-corrected chi connectivity index (χ4v) is 6.44. The van der Waals surface area contributed by atoms with Gasteiger partial charge in [0.25, 0.3) is 0 Å². The number of hydrogen-bond acceptors (Lipinski definition) is 7. The van der Waals surface area contributed by atoms with E-state index in [1.54, 1.807) is 13.4 Å². The van der Waals surface area contributed by atoms with Crippen molar-refractivity contribution in [2.45, 2.75) is 89.4 Å². The number of aromatic nitrogens is 3. The largest absolute Gasteiger partial charge is 0.516 e. The highest BCUT2D eigenvalue weighted by Crippen LogP contribution is 2.41. The van der Waals surface area contributed by atoms with Gasteiger partial charge in [-0.3, -0.25) is 14.7 Å². The van der Waals surface area contributed by atoms with E-state index in [4.69, 9.17) is 29.2 Å². The lowest BCUT2D eigenvalue weighted by Crippen LogP contribution is -2.41. The van der Waals surface area contributed by atoms with Crippen LogP contribution >= 0.6 is 0 Å². The van der Waals surface area contributed by atoms with E-state index in [0.717, 1.165) is 117 Å². The van der Waals surface area contributed by atoms with E-state index in [0.29, 0.717) is 17.8 Å². The van der Waals surface area contributed by atoms with E-state index >= 15 is 0 Å². The number of ether oxygens (including phenoxy) is 1. The van der Waals surface area contributed by atoms with Gasteiger partial charge in [-0.1, -0.05) is 25.8 Å². The monoisotopic (exact) mass is 572 g/mol. The van der Waals surface area contributed by atoms with E-state index in [1.165, 1.54) is 6.42 Å². The highest BCUT2D eigenvalue weighted by Gasteiger charge is 2.32. The number of methoxy groups -OCH3 is 1. The van der Waals surface area contributed by atoms with Gasteiger partial charge in [0.15, 0.2) is 5.89 Å². The predicted molar refractivity (Wildman–Crippen MR) is 164 cm³/mol. The number of aryl methyl sites for hydroxylation is 1. The summed E-state index contributed by atoms with van der Waals surface area (Å²) in [5, 5.41) is 7.33. The van der Waals surface area contributed by atoms with Crippen molar-refractivity contribution in [3.8, 4) is 17.0 Å². The summed E-state index contributed by atoms with van der Waals surface area (Å²) in [4.78, 5) is 30.2. The van der Waals surface area contributed by atoms with Crippen molar-refractivity contribution in [3.63, 3.8) is 0 Å². The fourth-order valence-electron chi connectivity index (χ4n) is 6.44. The van der Waals surface area contributed by atoms with Crippen molar-refractivity contribution in [1.29, 1.82) is 0 Å². The van der Waals surface area contributed by atoms with Gasteiger partial charge in [0.05, 0.1) is 19.1 Å². The van der Waals surface area contributed by atoms with E-state index in [9.17, 15) is 4.79 Å². The van der Waals surface area contributed by atoms with Gasteiger partial charge in [-0.2, -0.15) is 0 Å². The third kappa shape index (κ3) is 7.20. The SMILES string of the molecule is C=CO.COc1ccc(C2CCC(CN(C(=O)C3CCCCC3)c3cc(-c4coc(C5CC5)n4)ccn3)CC2)nc1C. The van der Waals surface area contributed by atoms with Gasteiger partial charge in [0, 0.05) is 41.8 Å². The molecule has 8 heteroatoms. The normalized spacial score (nSPS) is 20.7. The quantitative estimate of drug-likeness (QED) is 0.274. The highest BCUT2D eigenvalue weighted by atomic mass is 16.5. The molecule has 8 nitrogen and oxygen atoms in total. The van der Waals surface area contributed by atoms with Gasteiger partial charge in [0.1, 0.15) is 23.5 Å². The summed E-state index contributed by atoms with van der Waals surface area (Å²) in [5.41, 5.74) is 3.90. The molecule has 224 valence electrons. The van der Waals surface area contributed by atoms with Gasteiger partial charge >= 0.3 is 0 Å². The molecule has 0 unspecified atom stereocenters. The van der Waals surface area contributed by atoms with Crippen LogP contribution in [-0.2, 0) is 4.79 Å². The Balaban J connectivity index is 0.00000113. The van der Waals surface area contributed by atoms with Crippen LogP contribution in [0, 0.1) is 18.8 Å². The van der Waals surface area contributed by atoms with Crippen LogP contribution in [0.15, 0.2) is 54.0 Å². The Labute approximate surface area is 249 Å². The molecule has 0 radical (unpaired) electrons. The van der Waals surface area contributed by atoms with Gasteiger partial charge in [0.2, 0.25) is 5.91 Å². The van der Waals surface area contributed by atoms with Crippen LogP contribution in [0.3, 0.4) is 0 Å². The fraction of sp³-hybridized carbons (Fsp3) is 0.529. The Morgan fingerprint density at radius 2 is 1.76 bits per heavy atom. The van der Waals surface area contributed by atoms with Crippen molar-refractivity contribution in [2.75, 3.05) is 18.6 Å². The number of pyridine rings is 2. The van der Waals surface area contributed by atoms with Gasteiger partial charge in [-0.15, -0.1) is 0 Å². The van der Waals surface area contributed by atoms with Crippen LogP contribution in [0.4, 0.5) is 5.82 Å². The van der Waals surface area contributed by atoms with Crippen LogP contribution in [0.1, 0.15) is 99.7 Å². The Bertz CT molecular complexity index is 1340. The van der Waals surface area contributed by atoms with E-state index in [-0.39, 0.29) is 11.8 Å². The molecule has 3 heterocycles. The number of amides is 1. The molecule has 3 aliphatic carbocycles. The van der Waals surface area contributed by atoms with E-state index in [2.05, 4.69) is 12.6 Å². The first-order chi connectivity index (χ1) is 20.5. The molecule has 3 aromatic heterocycles. The van der Waals surface area contributed by atoms with Crippen molar-refractivity contribution < 1.29 is 19.1 Å². The molecule has 6 rings (SSSR count). The molecule has 3 saturated carbocycles. The minimum absolute atomic E-state index is 0.0977.